The fourth-order valence-electron chi connectivity index (χ4n) is 2.00. The smallest absolute Gasteiger partial charge is 0.422 e. The molecule has 0 radical (unpaired) electrons. The van der Waals surface area contributed by atoms with Crippen LogP contribution in [0.5, 0.6) is 5.88 Å². The predicted octanol–water partition coefficient (Wildman–Crippen LogP) is 4.21. The number of nitrogens with zero attached hydrogens (tertiary/aromatic N) is 2. The number of ether oxygens (including phenoxy) is 1. The predicted molar refractivity (Wildman–Crippen MR) is 70.9 cm³/mol. The summed E-state index contributed by atoms with van der Waals surface area (Å²) in [4.78, 5) is 5.25. The molecule has 0 aromatic carbocycles. The van der Waals surface area contributed by atoms with E-state index in [0.29, 0.717) is 11.4 Å². The Balaban J connectivity index is 2.22. The number of hydrogen-bond acceptors (Lipinski definition) is 3. The van der Waals surface area contributed by atoms with Crippen molar-refractivity contribution in [1.29, 1.82) is 0 Å². The van der Waals surface area contributed by atoms with E-state index in [0.717, 1.165) is 6.08 Å². The summed E-state index contributed by atoms with van der Waals surface area (Å²) < 4.78 is 67.8. The highest BCUT2D eigenvalue weighted by atomic mass is 19.4. The lowest BCUT2D eigenvalue weighted by Gasteiger charge is -2.28. The summed E-state index contributed by atoms with van der Waals surface area (Å²) in [7, 11) is 0. The highest BCUT2D eigenvalue weighted by Gasteiger charge is 2.29. The first-order valence-corrected chi connectivity index (χ1v) is 6.34. The molecule has 1 aromatic heterocycles. The average molecular weight is 320 g/mol. The minimum atomic E-state index is -4.46. The van der Waals surface area contributed by atoms with E-state index in [1.807, 2.05) is 0 Å². The molecule has 0 amide bonds. The van der Waals surface area contributed by atoms with Crippen LogP contribution in [0, 0.1) is 6.92 Å². The van der Waals surface area contributed by atoms with Crippen LogP contribution in [-0.2, 0) is 0 Å². The third-order valence-electron chi connectivity index (χ3n) is 3.05. The topological polar surface area (TPSA) is 25.4 Å². The summed E-state index contributed by atoms with van der Waals surface area (Å²) in [6.45, 7) is 1.39. The molecule has 0 fully saturated rings. The first kappa shape index (κ1) is 16.3. The molecule has 0 unspecified atom stereocenters. The van der Waals surface area contributed by atoms with Gasteiger partial charge in [0.15, 0.2) is 6.61 Å². The van der Waals surface area contributed by atoms with E-state index >= 15 is 0 Å². The number of aryl methyl sites for hydroxylation is 1. The maximum Gasteiger partial charge on any atom is 0.422 e. The van der Waals surface area contributed by atoms with Gasteiger partial charge in [-0.15, -0.1) is 0 Å². The third kappa shape index (κ3) is 3.75. The lowest BCUT2D eigenvalue weighted by atomic mass is 10.2. The number of anilines is 1. The highest BCUT2D eigenvalue weighted by molar-refractivity contribution is 5.59. The van der Waals surface area contributed by atoms with Crippen LogP contribution >= 0.6 is 0 Å². The monoisotopic (exact) mass is 320 g/mol. The van der Waals surface area contributed by atoms with Gasteiger partial charge in [0.2, 0.25) is 5.88 Å². The molecule has 120 valence electrons. The van der Waals surface area contributed by atoms with Crippen LogP contribution in [0.3, 0.4) is 0 Å². The molecule has 0 atom stereocenters. The summed E-state index contributed by atoms with van der Waals surface area (Å²) in [5, 5.41) is 0. The molecule has 0 N–H and O–H groups in total. The van der Waals surface area contributed by atoms with Crippen molar-refractivity contribution >= 4 is 5.69 Å². The first-order valence-electron chi connectivity index (χ1n) is 6.34. The lowest BCUT2D eigenvalue weighted by Crippen LogP contribution is -2.27. The van der Waals surface area contributed by atoms with Crippen molar-refractivity contribution in [3.63, 3.8) is 0 Å². The molecule has 1 aliphatic rings. The van der Waals surface area contributed by atoms with Crippen molar-refractivity contribution in [2.75, 3.05) is 18.1 Å². The molecule has 0 spiro atoms. The Hall–Kier alpha value is -2.12. The van der Waals surface area contributed by atoms with Crippen molar-refractivity contribution in [3.05, 3.63) is 41.3 Å². The standard InChI is InChI=1S/C14H13F5N2O/c1-8-12(21-6-10(15)5-11(16)9(21)2)3-4-13(20-8)22-7-14(17,18)19/h3-5H,6-7H2,1-2H3. The van der Waals surface area contributed by atoms with Gasteiger partial charge in [0, 0.05) is 12.1 Å². The van der Waals surface area contributed by atoms with Crippen LogP contribution < -0.4 is 9.64 Å². The quantitative estimate of drug-likeness (QED) is 0.780. The largest absolute Gasteiger partial charge is 0.468 e. The maximum atomic E-state index is 13.6. The van der Waals surface area contributed by atoms with E-state index in [1.54, 1.807) is 0 Å². The number of aromatic nitrogens is 1. The molecule has 0 aliphatic carbocycles. The fourth-order valence-corrected chi connectivity index (χ4v) is 2.00. The Morgan fingerprint density at radius 1 is 1.23 bits per heavy atom. The minimum Gasteiger partial charge on any atom is -0.468 e. The van der Waals surface area contributed by atoms with Crippen molar-refractivity contribution in [1.82, 2.24) is 4.98 Å². The highest BCUT2D eigenvalue weighted by Crippen LogP contribution is 2.31. The summed E-state index contributed by atoms with van der Waals surface area (Å²) in [5.74, 6) is -1.56. The molecular formula is C14H13F5N2O. The number of pyridine rings is 1. The molecule has 2 rings (SSSR count). The van der Waals surface area contributed by atoms with E-state index < -0.39 is 24.4 Å². The van der Waals surface area contributed by atoms with E-state index in [2.05, 4.69) is 9.72 Å². The van der Waals surface area contributed by atoms with E-state index in [1.165, 1.54) is 30.9 Å². The molecule has 0 bridgehead atoms. The number of halogens is 5. The van der Waals surface area contributed by atoms with E-state index in [-0.39, 0.29) is 18.1 Å². The molecule has 0 saturated heterocycles. The van der Waals surface area contributed by atoms with Gasteiger partial charge >= 0.3 is 6.18 Å². The van der Waals surface area contributed by atoms with Gasteiger partial charge in [0.1, 0.15) is 11.7 Å². The second kappa shape index (κ2) is 5.94. The second-order valence-corrected chi connectivity index (χ2v) is 4.77. The number of allylic oxidation sites excluding steroid dienone is 3. The Bertz CT molecular complexity index is 637. The van der Waals surface area contributed by atoms with E-state index in [9.17, 15) is 22.0 Å². The average Bonchev–Trinajstić information content (AvgIpc) is 2.40. The lowest BCUT2D eigenvalue weighted by molar-refractivity contribution is -0.154. The molecule has 8 heteroatoms. The van der Waals surface area contributed by atoms with Crippen LogP contribution in [0.4, 0.5) is 27.6 Å². The summed E-state index contributed by atoms with van der Waals surface area (Å²) >= 11 is 0. The Labute approximate surface area is 123 Å². The van der Waals surface area contributed by atoms with Crippen LogP contribution in [0.2, 0.25) is 0 Å². The van der Waals surface area contributed by atoms with Crippen LogP contribution in [0.15, 0.2) is 35.6 Å². The molecule has 2 heterocycles. The van der Waals surface area contributed by atoms with Crippen LogP contribution in [-0.4, -0.2) is 24.3 Å². The normalized spacial score (nSPS) is 16.0. The Morgan fingerprint density at radius 2 is 1.91 bits per heavy atom. The SMILES string of the molecule is CC1=C(F)C=C(F)CN1c1ccc(OCC(F)(F)F)nc1C. The van der Waals surface area contributed by atoms with Crippen LogP contribution in [0.25, 0.3) is 0 Å². The molecular weight excluding hydrogens is 307 g/mol. The maximum absolute atomic E-state index is 13.6. The van der Waals surface area contributed by atoms with Gasteiger partial charge in [-0.3, -0.25) is 0 Å². The van der Waals surface area contributed by atoms with Gasteiger partial charge in [-0.05, 0) is 19.9 Å². The molecule has 22 heavy (non-hydrogen) atoms. The first-order chi connectivity index (χ1) is 10.2. The van der Waals surface area contributed by atoms with Crippen molar-refractivity contribution in [2.45, 2.75) is 20.0 Å². The summed E-state index contributed by atoms with van der Waals surface area (Å²) in [6, 6.07) is 2.65. The van der Waals surface area contributed by atoms with Crippen molar-refractivity contribution < 1.29 is 26.7 Å². The van der Waals surface area contributed by atoms with Crippen molar-refractivity contribution in [2.24, 2.45) is 0 Å². The van der Waals surface area contributed by atoms with Gasteiger partial charge in [0.05, 0.1) is 23.6 Å². The summed E-state index contributed by atoms with van der Waals surface area (Å²) in [6.07, 6.45) is -3.66. The zero-order chi connectivity index (χ0) is 16.5. The van der Waals surface area contributed by atoms with Crippen LogP contribution in [0.1, 0.15) is 12.6 Å². The minimum absolute atomic E-state index is 0.162. The molecule has 1 aromatic rings. The van der Waals surface area contributed by atoms with Gasteiger partial charge < -0.3 is 9.64 Å². The van der Waals surface area contributed by atoms with Gasteiger partial charge in [0.25, 0.3) is 0 Å². The number of hydrogen-bond donors (Lipinski definition) is 0. The Kier molecular flexibility index (Phi) is 4.39. The molecule has 1 aliphatic heterocycles. The second-order valence-electron chi connectivity index (χ2n) is 4.77. The molecule has 3 nitrogen and oxygen atoms in total. The van der Waals surface area contributed by atoms with Gasteiger partial charge in [-0.1, -0.05) is 0 Å². The van der Waals surface area contributed by atoms with E-state index in [4.69, 9.17) is 0 Å². The zero-order valence-electron chi connectivity index (χ0n) is 11.8. The Morgan fingerprint density at radius 3 is 2.50 bits per heavy atom. The van der Waals surface area contributed by atoms with Gasteiger partial charge in [-0.25, -0.2) is 13.8 Å². The number of alkyl halides is 3. The fraction of sp³-hybridized carbons (Fsp3) is 0.357. The van der Waals surface area contributed by atoms with Gasteiger partial charge in [-0.2, -0.15) is 13.2 Å². The molecule has 0 saturated carbocycles. The number of rotatable bonds is 3. The summed E-state index contributed by atoms with van der Waals surface area (Å²) in [5.41, 5.74) is 0.909. The zero-order valence-corrected chi connectivity index (χ0v) is 11.8. The van der Waals surface area contributed by atoms with Crippen molar-refractivity contribution in [3.8, 4) is 5.88 Å². The third-order valence-corrected chi connectivity index (χ3v) is 3.05.